The Morgan fingerprint density at radius 1 is 1.28 bits per heavy atom. The third-order valence-corrected chi connectivity index (χ3v) is 5.91. The second kappa shape index (κ2) is 12.9. The highest BCUT2D eigenvalue weighted by atomic mass is 32.2. The molecule has 0 aliphatic carbocycles. The number of carboxylic acid groups (broad SMARTS) is 1. The number of amides is 3. The zero-order chi connectivity index (χ0) is 23.5. The van der Waals surface area contributed by atoms with Crippen LogP contribution in [0.4, 0.5) is 0 Å². The summed E-state index contributed by atoms with van der Waals surface area (Å²) in [5.41, 5.74) is 6.34. The third kappa shape index (κ3) is 8.01. The van der Waals surface area contributed by atoms with E-state index in [1.54, 1.807) is 6.08 Å². The van der Waals surface area contributed by atoms with Crippen LogP contribution in [-0.4, -0.2) is 71.4 Å². The predicted octanol–water partition coefficient (Wildman–Crippen LogP) is -0.755. The Morgan fingerprint density at radius 3 is 2.62 bits per heavy atom. The molecule has 1 aliphatic heterocycles. The van der Waals surface area contributed by atoms with Crippen molar-refractivity contribution < 1.29 is 29.0 Å². The van der Waals surface area contributed by atoms with Crippen LogP contribution in [0.5, 0.6) is 0 Å². The van der Waals surface area contributed by atoms with E-state index < -0.39 is 29.9 Å². The van der Waals surface area contributed by atoms with Gasteiger partial charge in [-0.05, 0) is 12.0 Å². The van der Waals surface area contributed by atoms with Crippen molar-refractivity contribution in [1.29, 1.82) is 0 Å². The van der Waals surface area contributed by atoms with Gasteiger partial charge in [-0.1, -0.05) is 36.4 Å². The molecule has 0 unspecified atom stereocenters. The summed E-state index contributed by atoms with van der Waals surface area (Å²) >= 11 is 0.909. The van der Waals surface area contributed by atoms with Crippen molar-refractivity contribution in [3.8, 4) is 0 Å². The Labute approximate surface area is 191 Å². The number of aliphatic carboxylic acids is 1. The smallest absolute Gasteiger partial charge is 0.243 e. The van der Waals surface area contributed by atoms with Crippen molar-refractivity contribution in [3.63, 3.8) is 0 Å². The topological polar surface area (TPSA) is 142 Å². The SMILES string of the molecule is C=CCO[C@@H]1CCN(C(=O)CSCC(=O)[O-])[C@H](C(=O)N[C@H](Cc2ccccc2)C(N)=O)C1. The number of thioether (sulfide) groups is 1. The number of carbonyl (C=O) groups is 4. The molecule has 0 bridgehead atoms. The van der Waals surface area contributed by atoms with E-state index in [2.05, 4.69) is 11.9 Å². The molecule has 9 nitrogen and oxygen atoms in total. The number of rotatable bonds is 12. The van der Waals surface area contributed by atoms with Gasteiger partial charge >= 0.3 is 0 Å². The summed E-state index contributed by atoms with van der Waals surface area (Å²) in [6.07, 6.45) is 2.34. The number of benzene rings is 1. The Balaban J connectivity index is 2.11. The highest BCUT2D eigenvalue weighted by molar-refractivity contribution is 8.00. The molecule has 0 aromatic heterocycles. The summed E-state index contributed by atoms with van der Waals surface area (Å²) in [5, 5.41) is 13.3. The maximum Gasteiger partial charge on any atom is 0.243 e. The average Bonchev–Trinajstić information content (AvgIpc) is 2.77. The van der Waals surface area contributed by atoms with Crippen LogP contribution in [0.25, 0.3) is 0 Å². The second-order valence-corrected chi connectivity index (χ2v) is 8.37. The second-order valence-electron chi connectivity index (χ2n) is 7.39. The molecular weight excluding hydrogens is 434 g/mol. The number of hydrogen-bond donors (Lipinski definition) is 2. The van der Waals surface area contributed by atoms with E-state index in [4.69, 9.17) is 10.5 Å². The Kier molecular flexibility index (Phi) is 10.2. The number of likely N-dealkylation sites (tertiary alicyclic amines) is 1. The molecule has 2 rings (SSSR count). The van der Waals surface area contributed by atoms with E-state index in [9.17, 15) is 24.3 Å². The van der Waals surface area contributed by atoms with Gasteiger partial charge in [-0.3, -0.25) is 14.4 Å². The number of carboxylic acids is 1. The first-order valence-corrected chi connectivity index (χ1v) is 11.4. The van der Waals surface area contributed by atoms with Crippen LogP contribution in [0, 0.1) is 0 Å². The highest BCUT2D eigenvalue weighted by Crippen LogP contribution is 2.22. The van der Waals surface area contributed by atoms with Crippen LogP contribution >= 0.6 is 11.8 Å². The van der Waals surface area contributed by atoms with E-state index in [1.807, 2.05) is 30.3 Å². The van der Waals surface area contributed by atoms with Crippen molar-refractivity contribution in [2.45, 2.75) is 37.5 Å². The molecule has 3 amide bonds. The van der Waals surface area contributed by atoms with E-state index in [-0.39, 0.29) is 42.9 Å². The number of piperidine rings is 1. The Hall–Kier alpha value is -2.85. The summed E-state index contributed by atoms with van der Waals surface area (Å²) in [7, 11) is 0. The third-order valence-electron chi connectivity index (χ3n) is 5.02. The van der Waals surface area contributed by atoms with Gasteiger partial charge in [0.2, 0.25) is 17.7 Å². The van der Waals surface area contributed by atoms with Crippen LogP contribution in [0.1, 0.15) is 18.4 Å². The number of primary amides is 1. The summed E-state index contributed by atoms with van der Waals surface area (Å²) < 4.78 is 5.68. The number of carbonyl (C=O) groups excluding carboxylic acids is 4. The van der Waals surface area contributed by atoms with Gasteiger partial charge in [0.1, 0.15) is 12.1 Å². The van der Waals surface area contributed by atoms with E-state index >= 15 is 0 Å². The van der Waals surface area contributed by atoms with Crippen molar-refractivity contribution in [1.82, 2.24) is 10.2 Å². The zero-order valence-corrected chi connectivity index (χ0v) is 18.6. The zero-order valence-electron chi connectivity index (χ0n) is 17.7. The lowest BCUT2D eigenvalue weighted by Gasteiger charge is -2.38. The number of nitrogens with two attached hydrogens (primary N) is 1. The fourth-order valence-electron chi connectivity index (χ4n) is 3.48. The van der Waals surface area contributed by atoms with Crippen molar-refractivity contribution >= 4 is 35.5 Å². The quantitative estimate of drug-likeness (QED) is 0.389. The van der Waals surface area contributed by atoms with Crippen molar-refractivity contribution in [2.75, 3.05) is 24.7 Å². The summed E-state index contributed by atoms with van der Waals surface area (Å²) in [6.45, 7) is 4.19. The first-order valence-electron chi connectivity index (χ1n) is 10.2. The molecule has 0 saturated carbocycles. The molecule has 1 aliphatic rings. The predicted molar refractivity (Wildman–Crippen MR) is 118 cm³/mol. The van der Waals surface area contributed by atoms with Crippen molar-refractivity contribution in [3.05, 3.63) is 48.6 Å². The maximum atomic E-state index is 13.1. The molecule has 0 radical (unpaired) electrons. The lowest BCUT2D eigenvalue weighted by molar-refractivity contribution is -0.301. The van der Waals surface area contributed by atoms with Crippen molar-refractivity contribution in [2.24, 2.45) is 5.73 Å². The standard InChI is InChI=1S/C22H29N3O6S/c1-2-10-31-16-8-9-25(19(26)13-32-14-20(27)28)18(12-16)22(30)24-17(21(23)29)11-15-6-4-3-5-7-15/h2-7,16-18H,1,8-14H2,(H2,23,29)(H,24,30)(H,27,28)/p-1/t16-,17-,18+/m1/s1. The molecule has 1 fully saturated rings. The number of ether oxygens (including phenoxy) is 1. The average molecular weight is 463 g/mol. The molecule has 174 valence electrons. The molecule has 1 aromatic rings. The maximum absolute atomic E-state index is 13.1. The van der Waals surface area contributed by atoms with Gasteiger partial charge in [0.25, 0.3) is 0 Å². The van der Waals surface area contributed by atoms with Gasteiger partial charge in [-0.2, -0.15) is 0 Å². The first kappa shape index (κ1) is 25.4. The number of hydrogen-bond acceptors (Lipinski definition) is 7. The molecule has 3 N–H and O–H groups in total. The molecule has 10 heteroatoms. The van der Waals surface area contributed by atoms with Crippen LogP contribution in [0.15, 0.2) is 43.0 Å². The highest BCUT2D eigenvalue weighted by Gasteiger charge is 2.37. The summed E-state index contributed by atoms with van der Waals surface area (Å²) in [6, 6.07) is 7.33. The molecule has 1 aromatic carbocycles. The summed E-state index contributed by atoms with van der Waals surface area (Å²) in [5.74, 6) is -3.23. The fourth-order valence-corrected chi connectivity index (χ4v) is 4.09. The summed E-state index contributed by atoms with van der Waals surface area (Å²) in [4.78, 5) is 49.8. The molecule has 0 spiro atoms. The van der Waals surface area contributed by atoms with Gasteiger partial charge < -0.3 is 30.6 Å². The normalized spacial score (nSPS) is 19.1. The lowest BCUT2D eigenvalue weighted by Crippen LogP contribution is -2.58. The van der Waals surface area contributed by atoms with Gasteiger partial charge in [-0.15, -0.1) is 18.3 Å². The minimum Gasteiger partial charge on any atom is -0.549 e. The first-order chi connectivity index (χ1) is 15.3. The van der Waals surface area contributed by atoms with Gasteiger partial charge in [-0.25, -0.2) is 0 Å². The molecular formula is C22H28N3O6S-. The molecule has 1 saturated heterocycles. The molecule has 32 heavy (non-hydrogen) atoms. The number of nitrogens with one attached hydrogen (secondary N) is 1. The minimum atomic E-state index is -1.26. The fraction of sp³-hybridized carbons (Fsp3) is 0.455. The van der Waals surface area contributed by atoms with Crippen LogP contribution in [0.2, 0.25) is 0 Å². The Bertz CT molecular complexity index is 819. The molecule has 1 heterocycles. The van der Waals surface area contributed by atoms with Crippen LogP contribution < -0.4 is 16.2 Å². The lowest BCUT2D eigenvalue weighted by atomic mass is 9.97. The molecule has 3 atom stereocenters. The van der Waals surface area contributed by atoms with E-state index in [0.29, 0.717) is 13.0 Å². The largest absolute Gasteiger partial charge is 0.549 e. The monoisotopic (exact) mass is 462 g/mol. The van der Waals surface area contributed by atoms with Gasteiger partial charge in [0.15, 0.2) is 0 Å². The van der Waals surface area contributed by atoms with Gasteiger partial charge in [0.05, 0.1) is 24.4 Å². The Morgan fingerprint density at radius 2 is 2.00 bits per heavy atom. The van der Waals surface area contributed by atoms with Crippen LogP contribution in [-0.2, 0) is 30.3 Å². The minimum absolute atomic E-state index is 0.0980. The van der Waals surface area contributed by atoms with Crippen LogP contribution in [0.3, 0.4) is 0 Å². The van der Waals surface area contributed by atoms with E-state index in [1.165, 1.54) is 4.90 Å². The van der Waals surface area contributed by atoms with E-state index in [0.717, 1.165) is 17.3 Å². The number of nitrogens with zero attached hydrogens (tertiary/aromatic N) is 1. The van der Waals surface area contributed by atoms with Gasteiger partial charge in [0, 0.05) is 25.1 Å².